The second-order valence-electron chi connectivity index (χ2n) is 5.43. The molecule has 70 valence electrons. The fourth-order valence-electron chi connectivity index (χ4n) is 2.60. The maximum atomic E-state index is 2.44. The maximum Gasteiger partial charge on any atom is 0.109 e. The van der Waals surface area contributed by atoms with Gasteiger partial charge in [-0.15, -0.1) is 0 Å². The van der Waals surface area contributed by atoms with Gasteiger partial charge in [0.05, 0.1) is 0 Å². The smallest absolute Gasteiger partial charge is 0.0669 e. The normalized spacial score (nSPS) is 39.7. The first-order valence-corrected chi connectivity index (χ1v) is 5.60. The van der Waals surface area contributed by atoms with Gasteiger partial charge in [-0.25, -0.2) is 0 Å². The Morgan fingerprint density at radius 1 is 1.17 bits per heavy atom. The first-order chi connectivity index (χ1) is 5.60. The molecule has 0 aliphatic heterocycles. The monoisotopic (exact) mass is 166 g/mol. The molecule has 0 radical (unpaired) electrons. The molecule has 0 spiro atoms. The van der Waals surface area contributed by atoms with Gasteiger partial charge in [-0.1, -0.05) is 64.1 Å². The molecule has 0 aromatic rings. The molecule has 0 aromatic carbocycles. The van der Waals surface area contributed by atoms with Crippen molar-refractivity contribution >= 4 is 7.85 Å². The lowest BCUT2D eigenvalue weighted by Crippen LogP contribution is -2.12. The van der Waals surface area contributed by atoms with E-state index in [4.69, 9.17) is 0 Å². The van der Waals surface area contributed by atoms with Crippen molar-refractivity contribution in [2.75, 3.05) is 0 Å². The van der Waals surface area contributed by atoms with Crippen molar-refractivity contribution in [2.45, 2.75) is 64.1 Å². The van der Waals surface area contributed by atoms with E-state index in [1.807, 2.05) is 0 Å². The van der Waals surface area contributed by atoms with Gasteiger partial charge in [-0.3, -0.25) is 0 Å². The van der Waals surface area contributed by atoms with Crippen molar-refractivity contribution in [1.29, 1.82) is 0 Å². The minimum absolute atomic E-state index is 0.615. The van der Waals surface area contributed by atoms with E-state index in [-0.39, 0.29) is 0 Å². The molecule has 0 N–H and O–H groups in total. The second kappa shape index (κ2) is 4.34. The van der Waals surface area contributed by atoms with E-state index in [1.165, 1.54) is 44.9 Å². The Morgan fingerprint density at radius 2 is 1.83 bits per heavy atom. The summed E-state index contributed by atoms with van der Waals surface area (Å²) in [6, 6.07) is 0. The van der Waals surface area contributed by atoms with Crippen molar-refractivity contribution in [3.63, 3.8) is 0 Å². The first kappa shape index (κ1) is 10.1. The van der Waals surface area contributed by atoms with Crippen LogP contribution in [-0.4, -0.2) is 7.85 Å². The summed E-state index contributed by atoms with van der Waals surface area (Å²) in [6.07, 6.45) is 10.2. The topological polar surface area (TPSA) is 0 Å². The van der Waals surface area contributed by atoms with Crippen LogP contribution in [0, 0.1) is 5.92 Å². The Morgan fingerprint density at radius 3 is 2.58 bits per heavy atom. The average Bonchev–Trinajstić information content (AvgIpc) is 1.99. The molecule has 2 unspecified atom stereocenters. The molecule has 1 aliphatic rings. The van der Waals surface area contributed by atoms with Crippen molar-refractivity contribution in [2.24, 2.45) is 5.92 Å². The van der Waals surface area contributed by atoms with E-state index in [9.17, 15) is 0 Å². The summed E-state index contributed by atoms with van der Waals surface area (Å²) in [5, 5.41) is 0.615. The highest BCUT2D eigenvalue weighted by Gasteiger charge is 2.21. The second-order valence-corrected chi connectivity index (χ2v) is 5.43. The Bertz CT molecular complexity index is 129. The van der Waals surface area contributed by atoms with Gasteiger partial charge in [0.25, 0.3) is 0 Å². The molecule has 0 bridgehead atoms. The molecule has 0 aromatic heterocycles. The number of hydrogen-bond donors (Lipinski definition) is 0. The molecule has 0 amide bonds. The average molecular weight is 166 g/mol. The predicted molar refractivity (Wildman–Crippen MR) is 58.4 cm³/mol. The van der Waals surface area contributed by atoms with E-state index < -0.39 is 0 Å². The molecule has 0 heterocycles. The Labute approximate surface area is 78.5 Å². The van der Waals surface area contributed by atoms with Gasteiger partial charge in [0, 0.05) is 0 Å². The SMILES string of the molecule is BC1(C)CCCCCCC(C)C1. The van der Waals surface area contributed by atoms with E-state index in [0.717, 1.165) is 5.92 Å². The van der Waals surface area contributed by atoms with Crippen LogP contribution < -0.4 is 0 Å². The summed E-state index contributed by atoms with van der Waals surface area (Å²) in [4.78, 5) is 0. The van der Waals surface area contributed by atoms with Gasteiger partial charge >= 0.3 is 0 Å². The lowest BCUT2D eigenvalue weighted by molar-refractivity contribution is 0.398. The molecule has 0 saturated heterocycles. The molecule has 1 fully saturated rings. The van der Waals surface area contributed by atoms with Crippen molar-refractivity contribution in [3.05, 3.63) is 0 Å². The predicted octanol–water partition coefficient (Wildman–Crippen LogP) is 3.18. The summed E-state index contributed by atoms with van der Waals surface area (Å²) in [6.45, 7) is 4.86. The van der Waals surface area contributed by atoms with Crippen LogP contribution in [0.2, 0.25) is 5.31 Å². The largest absolute Gasteiger partial charge is 0.109 e. The zero-order valence-electron chi connectivity index (χ0n) is 9.03. The summed E-state index contributed by atoms with van der Waals surface area (Å²) < 4.78 is 0. The molecule has 1 heteroatoms. The summed E-state index contributed by atoms with van der Waals surface area (Å²) in [5.74, 6) is 0.957. The minimum Gasteiger partial charge on any atom is -0.0669 e. The van der Waals surface area contributed by atoms with Gasteiger partial charge in [0.2, 0.25) is 0 Å². The lowest BCUT2D eigenvalue weighted by Gasteiger charge is -2.27. The third-order valence-electron chi connectivity index (χ3n) is 3.20. The highest BCUT2D eigenvalue weighted by molar-refractivity contribution is 6.14. The van der Waals surface area contributed by atoms with Crippen LogP contribution in [0.15, 0.2) is 0 Å². The maximum absolute atomic E-state index is 2.44. The Balaban J connectivity index is 2.44. The van der Waals surface area contributed by atoms with Crippen LogP contribution in [0.4, 0.5) is 0 Å². The number of rotatable bonds is 0. The lowest BCUT2D eigenvalue weighted by atomic mass is 9.63. The van der Waals surface area contributed by atoms with Gasteiger partial charge in [0.15, 0.2) is 0 Å². The van der Waals surface area contributed by atoms with Crippen LogP contribution in [0.25, 0.3) is 0 Å². The first-order valence-electron chi connectivity index (χ1n) is 5.60. The molecule has 1 saturated carbocycles. The third kappa shape index (κ3) is 3.64. The Hall–Kier alpha value is 0.0649. The van der Waals surface area contributed by atoms with Gasteiger partial charge in [0.1, 0.15) is 7.85 Å². The van der Waals surface area contributed by atoms with E-state index >= 15 is 0 Å². The molecule has 2 atom stereocenters. The highest BCUT2D eigenvalue weighted by atomic mass is 14.2. The van der Waals surface area contributed by atoms with Crippen molar-refractivity contribution < 1.29 is 0 Å². The molecule has 0 nitrogen and oxygen atoms in total. The fraction of sp³-hybridized carbons (Fsp3) is 1.00. The molecule has 12 heavy (non-hydrogen) atoms. The van der Waals surface area contributed by atoms with E-state index in [0.29, 0.717) is 5.31 Å². The Kier molecular flexibility index (Phi) is 3.67. The van der Waals surface area contributed by atoms with Gasteiger partial charge in [-0.05, 0) is 5.92 Å². The van der Waals surface area contributed by atoms with Crippen LogP contribution in [0.1, 0.15) is 58.8 Å². The summed E-state index contributed by atoms with van der Waals surface area (Å²) in [5.41, 5.74) is 0. The van der Waals surface area contributed by atoms with E-state index in [1.54, 1.807) is 0 Å². The highest BCUT2D eigenvalue weighted by Crippen LogP contribution is 2.38. The molecule has 1 aliphatic carbocycles. The zero-order chi connectivity index (χ0) is 9.03. The summed E-state index contributed by atoms with van der Waals surface area (Å²) >= 11 is 0. The van der Waals surface area contributed by atoms with Crippen LogP contribution in [0.5, 0.6) is 0 Å². The molecular formula is C11H23B. The van der Waals surface area contributed by atoms with Crippen LogP contribution >= 0.6 is 0 Å². The molecule has 1 rings (SSSR count). The van der Waals surface area contributed by atoms with Crippen molar-refractivity contribution in [3.8, 4) is 0 Å². The number of hydrogen-bond acceptors (Lipinski definition) is 0. The van der Waals surface area contributed by atoms with Crippen LogP contribution in [0.3, 0.4) is 0 Å². The zero-order valence-corrected chi connectivity index (χ0v) is 9.03. The third-order valence-corrected chi connectivity index (χ3v) is 3.20. The quantitative estimate of drug-likeness (QED) is 0.485. The summed E-state index contributed by atoms with van der Waals surface area (Å²) in [7, 11) is 2.44. The van der Waals surface area contributed by atoms with E-state index in [2.05, 4.69) is 21.7 Å². The minimum atomic E-state index is 0.615. The standard InChI is InChI=1S/C11H23B/c1-10-7-5-3-4-6-8-11(2,12)9-10/h10H,3-9,12H2,1-2H3. The fourth-order valence-corrected chi connectivity index (χ4v) is 2.60. The van der Waals surface area contributed by atoms with Gasteiger partial charge in [-0.2, -0.15) is 0 Å². The van der Waals surface area contributed by atoms with Crippen molar-refractivity contribution in [1.82, 2.24) is 0 Å². The van der Waals surface area contributed by atoms with Crippen LogP contribution in [-0.2, 0) is 0 Å². The van der Waals surface area contributed by atoms with Gasteiger partial charge < -0.3 is 0 Å². The molecular weight excluding hydrogens is 143 g/mol.